The van der Waals surface area contributed by atoms with Crippen molar-refractivity contribution >= 4 is 82.1 Å². The topological polar surface area (TPSA) is 16.4 Å². The molecule has 0 amide bonds. The predicted molar refractivity (Wildman–Crippen MR) is 229 cm³/mol. The van der Waals surface area contributed by atoms with E-state index in [1.54, 1.807) is 0 Å². The van der Waals surface area contributed by atoms with Gasteiger partial charge in [-0.3, -0.25) is 0 Å². The van der Waals surface area contributed by atoms with Gasteiger partial charge >= 0.3 is 0 Å². The summed E-state index contributed by atoms with van der Waals surface area (Å²) >= 11 is 0. The zero-order valence-electron chi connectivity index (χ0n) is 29.4. The second kappa shape index (κ2) is 12.2. The molecule has 0 unspecified atom stereocenters. The zero-order chi connectivity index (χ0) is 35.6. The molecule has 1 heterocycles. The van der Waals surface area contributed by atoms with Crippen LogP contribution in [0.2, 0.25) is 0 Å². The maximum absolute atomic E-state index is 6.42. The molecular formula is C52H33NO. The summed E-state index contributed by atoms with van der Waals surface area (Å²) in [6.45, 7) is 0. The van der Waals surface area contributed by atoms with Gasteiger partial charge in [0.1, 0.15) is 11.2 Å². The van der Waals surface area contributed by atoms with Gasteiger partial charge in [-0.25, -0.2) is 0 Å². The van der Waals surface area contributed by atoms with E-state index >= 15 is 0 Å². The van der Waals surface area contributed by atoms with Gasteiger partial charge < -0.3 is 9.32 Å². The predicted octanol–water partition coefficient (Wildman–Crippen LogP) is 15.0. The highest BCUT2D eigenvalue weighted by Crippen LogP contribution is 2.46. The fourth-order valence-electron chi connectivity index (χ4n) is 8.36. The van der Waals surface area contributed by atoms with Crippen LogP contribution in [-0.2, 0) is 0 Å². The fourth-order valence-corrected chi connectivity index (χ4v) is 8.36. The Morgan fingerprint density at radius 2 is 0.926 bits per heavy atom. The molecule has 0 aliphatic carbocycles. The molecule has 11 rings (SSSR count). The first-order valence-electron chi connectivity index (χ1n) is 18.5. The van der Waals surface area contributed by atoms with Crippen molar-refractivity contribution in [1.29, 1.82) is 0 Å². The summed E-state index contributed by atoms with van der Waals surface area (Å²) in [6.07, 6.45) is 0. The number of hydrogen-bond acceptors (Lipinski definition) is 2. The molecule has 0 aliphatic rings. The molecule has 2 heteroatoms. The Labute approximate surface area is 312 Å². The molecule has 0 spiro atoms. The number of hydrogen-bond donors (Lipinski definition) is 0. The average Bonchev–Trinajstić information content (AvgIpc) is 3.59. The van der Waals surface area contributed by atoms with Crippen LogP contribution >= 0.6 is 0 Å². The summed E-state index contributed by atoms with van der Waals surface area (Å²) in [7, 11) is 0. The Morgan fingerprint density at radius 1 is 0.296 bits per heavy atom. The number of anilines is 3. The molecule has 0 aliphatic heterocycles. The summed E-state index contributed by atoms with van der Waals surface area (Å²) in [5.41, 5.74) is 9.76. The van der Waals surface area contributed by atoms with Gasteiger partial charge in [-0.05, 0) is 109 Å². The largest absolute Gasteiger partial charge is 0.456 e. The maximum atomic E-state index is 6.42. The van der Waals surface area contributed by atoms with Crippen LogP contribution in [0.25, 0.3) is 87.3 Å². The van der Waals surface area contributed by atoms with Crippen LogP contribution in [0.1, 0.15) is 0 Å². The molecule has 0 atom stereocenters. The van der Waals surface area contributed by atoms with E-state index in [0.29, 0.717) is 0 Å². The fraction of sp³-hybridized carbons (Fsp3) is 0. The van der Waals surface area contributed by atoms with E-state index in [2.05, 4.69) is 205 Å². The first-order chi connectivity index (χ1) is 26.7. The molecule has 2 nitrogen and oxygen atoms in total. The highest BCUT2D eigenvalue weighted by atomic mass is 16.3. The van der Waals surface area contributed by atoms with E-state index < -0.39 is 0 Å². The molecule has 0 radical (unpaired) electrons. The van der Waals surface area contributed by atoms with E-state index in [1.807, 2.05) is 0 Å². The lowest BCUT2D eigenvalue weighted by atomic mass is 9.96. The third kappa shape index (κ3) is 4.96. The van der Waals surface area contributed by atoms with Crippen molar-refractivity contribution in [2.45, 2.75) is 0 Å². The Bertz CT molecular complexity index is 3240. The average molecular weight is 688 g/mol. The van der Waals surface area contributed by atoms with Crippen LogP contribution in [0.4, 0.5) is 17.1 Å². The van der Waals surface area contributed by atoms with Gasteiger partial charge in [0.2, 0.25) is 0 Å². The Hall–Kier alpha value is -7.16. The van der Waals surface area contributed by atoms with E-state index in [1.165, 1.54) is 54.2 Å². The second-order valence-electron chi connectivity index (χ2n) is 14.1. The monoisotopic (exact) mass is 687 g/mol. The van der Waals surface area contributed by atoms with Crippen LogP contribution < -0.4 is 4.90 Å². The van der Waals surface area contributed by atoms with Crippen molar-refractivity contribution in [3.05, 3.63) is 200 Å². The Kier molecular flexibility index (Phi) is 6.90. The molecule has 0 saturated heterocycles. The van der Waals surface area contributed by atoms with E-state index in [0.717, 1.165) is 50.1 Å². The zero-order valence-corrected chi connectivity index (χ0v) is 29.4. The van der Waals surface area contributed by atoms with Crippen molar-refractivity contribution in [2.75, 3.05) is 4.90 Å². The second-order valence-corrected chi connectivity index (χ2v) is 14.1. The van der Waals surface area contributed by atoms with Crippen LogP contribution in [0, 0.1) is 0 Å². The summed E-state index contributed by atoms with van der Waals surface area (Å²) in [5, 5.41) is 12.0. The first-order valence-corrected chi connectivity index (χ1v) is 18.5. The molecule has 1 aromatic heterocycles. The normalized spacial score (nSPS) is 11.7. The highest BCUT2D eigenvalue weighted by Gasteiger charge is 2.21. The number of rotatable bonds is 5. The van der Waals surface area contributed by atoms with Crippen LogP contribution in [0.3, 0.4) is 0 Å². The lowest BCUT2D eigenvalue weighted by molar-refractivity contribution is 0.669. The minimum absolute atomic E-state index is 0.891. The highest BCUT2D eigenvalue weighted by molar-refractivity contribution is 6.14. The third-order valence-electron chi connectivity index (χ3n) is 11.0. The molecule has 252 valence electrons. The van der Waals surface area contributed by atoms with Gasteiger partial charge in [-0.2, -0.15) is 0 Å². The molecule has 54 heavy (non-hydrogen) atoms. The third-order valence-corrected chi connectivity index (χ3v) is 11.0. The molecule has 0 saturated carbocycles. The van der Waals surface area contributed by atoms with E-state index in [4.69, 9.17) is 4.42 Å². The van der Waals surface area contributed by atoms with Crippen LogP contribution in [0.5, 0.6) is 0 Å². The summed E-state index contributed by atoms with van der Waals surface area (Å²) in [5.74, 6) is 0. The SMILES string of the molecule is c1cc(-c2ccc3ccccc3c2)cc(N(c2ccccc2-c2ccc3oc4cc5ccccc5cc4c3c2)c2cccc3c2ccc2ccccc23)c1. The molecule has 0 fully saturated rings. The van der Waals surface area contributed by atoms with Gasteiger partial charge in [0.05, 0.1) is 11.4 Å². The van der Waals surface area contributed by atoms with Gasteiger partial charge in [0.25, 0.3) is 0 Å². The van der Waals surface area contributed by atoms with E-state index in [-0.39, 0.29) is 0 Å². The number of nitrogens with zero attached hydrogens (tertiary/aromatic N) is 1. The van der Waals surface area contributed by atoms with Gasteiger partial charge in [-0.1, -0.05) is 146 Å². The summed E-state index contributed by atoms with van der Waals surface area (Å²) in [6, 6.07) is 72.5. The Balaban J connectivity index is 1.14. The van der Waals surface area contributed by atoms with Crippen molar-refractivity contribution < 1.29 is 4.42 Å². The molecule has 11 aromatic rings. The van der Waals surface area contributed by atoms with Crippen molar-refractivity contribution in [3.63, 3.8) is 0 Å². The quantitative estimate of drug-likeness (QED) is 0.168. The standard InChI is InChI=1S/C52H33NO/c1-2-13-36-29-40(24-23-34(36)11-1)37-16-9-17-42(30-37)53(50-22-10-20-45-43-18-6-5-12-35(43)25-27-46(45)50)49-21-8-7-19-44(49)41-26-28-51-47(32-41)48-31-38-14-3-4-15-39(38)33-52(48)54-51/h1-33H. The van der Waals surface area contributed by atoms with Crippen molar-refractivity contribution in [2.24, 2.45) is 0 Å². The number of para-hydroxylation sites is 1. The smallest absolute Gasteiger partial charge is 0.136 e. The lowest BCUT2D eigenvalue weighted by Gasteiger charge is -2.29. The molecule has 10 aromatic carbocycles. The van der Waals surface area contributed by atoms with Crippen molar-refractivity contribution in [1.82, 2.24) is 0 Å². The summed E-state index contributed by atoms with van der Waals surface area (Å²) in [4.78, 5) is 2.45. The maximum Gasteiger partial charge on any atom is 0.136 e. The van der Waals surface area contributed by atoms with Crippen molar-refractivity contribution in [3.8, 4) is 22.3 Å². The molecule has 0 bridgehead atoms. The number of fused-ring (bicyclic) bond motifs is 8. The van der Waals surface area contributed by atoms with Gasteiger partial charge in [0, 0.05) is 27.4 Å². The van der Waals surface area contributed by atoms with E-state index in [9.17, 15) is 0 Å². The number of furan rings is 1. The van der Waals surface area contributed by atoms with Crippen LogP contribution in [-0.4, -0.2) is 0 Å². The minimum atomic E-state index is 0.891. The Morgan fingerprint density at radius 3 is 1.81 bits per heavy atom. The van der Waals surface area contributed by atoms with Gasteiger partial charge in [0.15, 0.2) is 0 Å². The molecular weight excluding hydrogens is 655 g/mol. The van der Waals surface area contributed by atoms with Gasteiger partial charge in [-0.15, -0.1) is 0 Å². The minimum Gasteiger partial charge on any atom is -0.456 e. The first kappa shape index (κ1) is 30.5. The number of benzene rings is 10. The molecule has 0 N–H and O–H groups in total. The van der Waals surface area contributed by atoms with Crippen LogP contribution in [0.15, 0.2) is 205 Å². The summed E-state index contributed by atoms with van der Waals surface area (Å²) < 4.78 is 6.42. The lowest BCUT2D eigenvalue weighted by Crippen LogP contribution is -2.12.